The zero-order chi connectivity index (χ0) is 26.0. The van der Waals surface area contributed by atoms with Gasteiger partial charge in [-0.15, -0.1) is 0 Å². The minimum atomic E-state index is -4.59. The van der Waals surface area contributed by atoms with E-state index in [1.807, 2.05) is 6.07 Å². The Morgan fingerprint density at radius 2 is 1.89 bits per heavy atom. The molecule has 11 heteroatoms. The van der Waals surface area contributed by atoms with E-state index in [1.165, 1.54) is 6.07 Å². The van der Waals surface area contributed by atoms with Crippen LogP contribution in [0.2, 0.25) is 0 Å². The summed E-state index contributed by atoms with van der Waals surface area (Å²) in [4.78, 5) is 29.4. The molecule has 0 unspecified atom stereocenters. The van der Waals surface area contributed by atoms with Crippen molar-refractivity contribution < 1.29 is 33.0 Å². The fourth-order valence-electron chi connectivity index (χ4n) is 5.27. The van der Waals surface area contributed by atoms with E-state index in [9.17, 15) is 33.0 Å². The van der Waals surface area contributed by atoms with Gasteiger partial charge in [0.25, 0.3) is 5.91 Å². The number of aromatic nitrogens is 1. The third kappa shape index (κ3) is 5.37. The Bertz CT molecular complexity index is 1090. The number of alkyl halides is 3. The second-order valence-electron chi connectivity index (χ2n) is 9.52. The smallest absolute Gasteiger partial charge is 0.389 e. The number of hydrogen-bond donors (Lipinski definition) is 5. The van der Waals surface area contributed by atoms with Crippen molar-refractivity contribution in [2.45, 2.75) is 49.1 Å². The van der Waals surface area contributed by atoms with Gasteiger partial charge in [0.05, 0.1) is 29.4 Å². The molecule has 2 aromatic rings. The number of β-amino-alcohol motifs (C(OH)–C–C–N with tert-alkyl or cyclic N) is 1. The Morgan fingerprint density at radius 3 is 2.50 bits per heavy atom. The molecule has 5 N–H and O–H groups in total. The van der Waals surface area contributed by atoms with Gasteiger partial charge in [-0.05, 0) is 61.9 Å². The van der Waals surface area contributed by atoms with Crippen LogP contribution in [0.5, 0.6) is 0 Å². The maximum Gasteiger partial charge on any atom is 0.416 e. The second-order valence-corrected chi connectivity index (χ2v) is 9.52. The number of aliphatic hydroxyl groups is 2. The highest BCUT2D eigenvalue weighted by molar-refractivity contribution is 5.96. The highest BCUT2D eigenvalue weighted by atomic mass is 19.4. The van der Waals surface area contributed by atoms with Gasteiger partial charge < -0.3 is 26.2 Å². The molecule has 1 aliphatic carbocycles. The van der Waals surface area contributed by atoms with Crippen LogP contribution in [0, 0.1) is 5.92 Å². The van der Waals surface area contributed by atoms with Crippen LogP contribution in [0.15, 0.2) is 48.7 Å². The maximum absolute atomic E-state index is 12.9. The van der Waals surface area contributed by atoms with Crippen LogP contribution in [-0.2, 0) is 16.6 Å². The molecular formula is C25H29F3N4O4. The Kier molecular flexibility index (Phi) is 7.35. The number of carbonyl (C=O) groups is 2. The third-order valence-electron chi connectivity index (χ3n) is 7.27. The van der Waals surface area contributed by atoms with E-state index < -0.39 is 47.3 Å². The molecule has 1 saturated carbocycles. The van der Waals surface area contributed by atoms with Crippen molar-refractivity contribution >= 4 is 11.8 Å². The van der Waals surface area contributed by atoms with Crippen molar-refractivity contribution in [1.29, 1.82) is 0 Å². The van der Waals surface area contributed by atoms with E-state index in [2.05, 4.69) is 20.9 Å². The molecule has 4 rings (SSSR count). The molecule has 0 radical (unpaired) electrons. The molecule has 36 heavy (non-hydrogen) atoms. The summed E-state index contributed by atoms with van der Waals surface area (Å²) in [5.74, 6) is -1.52. The fraction of sp³-hybridized carbons (Fsp3) is 0.480. The van der Waals surface area contributed by atoms with E-state index in [1.54, 1.807) is 18.3 Å². The molecule has 1 aliphatic heterocycles. The number of amides is 2. The Labute approximate surface area is 206 Å². The SMILES string of the molecule is O=C(CNC(=O)c1cccc(C(F)(F)F)c1)N[C@@]1(C2CCC(O)(c3ccccn3)CC2)CNC[C@@H]1O. The molecule has 8 nitrogen and oxygen atoms in total. The first-order valence-electron chi connectivity index (χ1n) is 11.8. The number of hydrogen-bond acceptors (Lipinski definition) is 6. The monoisotopic (exact) mass is 506 g/mol. The molecule has 1 aromatic heterocycles. The summed E-state index contributed by atoms with van der Waals surface area (Å²) < 4.78 is 38.8. The van der Waals surface area contributed by atoms with Crippen molar-refractivity contribution in [3.05, 3.63) is 65.5 Å². The van der Waals surface area contributed by atoms with E-state index in [0.717, 1.165) is 18.2 Å². The van der Waals surface area contributed by atoms with Gasteiger partial charge in [-0.2, -0.15) is 13.2 Å². The van der Waals surface area contributed by atoms with Crippen molar-refractivity contribution in [3.8, 4) is 0 Å². The first-order valence-corrected chi connectivity index (χ1v) is 11.8. The number of nitrogens with one attached hydrogen (secondary N) is 3. The molecule has 2 heterocycles. The number of halogens is 3. The van der Waals surface area contributed by atoms with Crippen LogP contribution in [-0.4, -0.2) is 58.3 Å². The van der Waals surface area contributed by atoms with Crippen molar-refractivity contribution in [3.63, 3.8) is 0 Å². The molecule has 2 aliphatic rings. The number of nitrogens with zero attached hydrogens (tertiary/aromatic N) is 1. The van der Waals surface area contributed by atoms with Gasteiger partial charge >= 0.3 is 6.18 Å². The van der Waals surface area contributed by atoms with E-state index >= 15 is 0 Å². The Hall–Kier alpha value is -3.02. The van der Waals surface area contributed by atoms with Gasteiger partial charge in [-0.3, -0.25) is 14.6 Å². The summed E-state index contributed by atoms with van der Waals surface area (Å²) in [6.45, 7) is 0.125. The van der Waals surface area contributed by atoms with Gasteiger partial charge in [0, 0.05) is 24.8 Å². The van der Waals surface area contributed by atoms with Gasteiger partial charge in [0.1, 0.15) is 5.60 Å². The first kappa shape index (κ1) is 26.1. The lowest BCUT2D eigenvalue weighted by molar-refractivity contribution is -0.137. The normalized spacial score (nSPS) is 28.5. The van der Waals surface area contributed by atoms with Gasteiger partial charge in [-0.25, -0.2) is 0 Å². The predicted molar refractivity (Wildman–Crippen MR) is 124 cm³/mol. The minimum Gasteiger partial charge on any atom is -0.389 e. The summed E-state index contributed by atoms with van der Waals surface area (Å²) in [6, 6.07) is 9.31. The summed E-state index contributed by atoms with van der Waals surface area (Å²) >= 11 is 0. The lowest BCUT2D eigenvalue weighted by atomic mass is 9.68. The van der Waals surface area contributed by atoms with E-state index in [4.69, 9.17) is 0 Å². The lowest BCUT2D eigenvalue weighted by Gasteiger charge is -2.45. The van der Waals surface area contributed by atoms with Crippen molar-refractivity contribution in [2.24, 2.45) is 5.92 Å². The largest absolute Gasteiger partial charge is 0.416 e. The topological polar surface area (TPSA) is 124 Å². The molecule has 2 fully saturated rings. The number of benzene rings is 1. The Morgan fingerprint density at radius 1 is 1.14 bits per heavy atom. The van der Waals surface area contributed by atoms with Crippen LogP contribution in [0.1, 0.15) is 47.3 Å². The number of rotatable bonds is 6. The molecule has 2 atom stereocenters. The quantitative estimate of drug-likeness (QED) is 0.407. The van der Waals surface area contributed by atoms with Crippen LogP contribution < -0.4 is 16.0 Å². The summed E-state index contributed by atoms with van der Waals surface area (Å²) in [6.07, 6.45) is -1.97. The summed E-state index contributed by atoms with van der Waals surface area (Å²) in [7, 11) is 0. The second kappa shape index (κ2) is 10.2. The molecule has 0 spiro atoms. The van der Waals surface area contributed by atoms with Gasteiger partial charge in [-0.1, -0.05) is 12.1 Å². The standard InChI is InChI=1S/C25H29F3N4O4/c26-25(27,28)18-5-3-4-16(12-18)22(35)31-14-21(34)32-24(15-29-13-20(24)33)17-7-9-23(36,10-8-17)19-6-1-2-11-30-19/h1-6,11-12,17,20,29,33,36H,7-10,13-15H2,(H,31,35)(H,32,34)/t17?,20-,23?,24+/m0/s1. The van der Waals surface area contributed by atoms with E-state index in [-0.39, 0.29) is 18.0 Å². The zero-order valence-electron chi connectivity index (χ0n) is 19.5. The Balaban J connectivity index is 1.39. The van der Waals surface area contributed by atoms with Crippen LogP contribution in [0.4, 0.5) is 13.2 Å². The molecule has 2 amide bonds. The highest BCUT2D eigenvalue weighted by Crippen LogP contribution is 2.44. The number of carbonyl (C=O) groups excluding carboxylic acids is 2. The molecular weight excluding hydrogens is 477 g/mol. The van der Waals surface area contributed by atoms with Crippen LogP contribution in [0.25, 0.3) is 0 Å². The fourth-order valence-corrected chi connectivity index (χ4v) is 5.27. The molecule has 1 saturated heterocycles. The van der Waals surface area contributed by atoms with Gasteiger partial charge in [0.15, 0.2) is 0 Å². The highest BCUT2D eigenvalue weighted by Gasteiger charge is 2.51. The summed E-state index contributed by atoms with van der Waals surface area (Å²) in [5, 5.41) is 30.2. The van der Waals surface area contributed by atoms with Crippen molar-refractivity contribution in [1.82, 2.24) is 20.9 Å². The van der Waals surface area contributed by atoms with Gasteiger partial charge in [0.2, 0.25) is 5.91 Å². The number of aliphatic hydroxyl groups excluding tert-OH is 1. The molecule has 0 bridgehead atoms. The first-order chi connectivity index (χ1) is 17.0. The van der Waals surface area contributed by atoms with E-state index in [0.29, 0.717) is 37.9 Å². The zero-order valence-corrected chi connectivity index (χ0v) is 19.5. The lowest BCUT2D eigenvalue weighted by Crippen LogP contribution is -2.63. The third-order valence-corrected chi connectivity index (χ3v) is 7.27. The number of pyridine rings is 1. The molecule has 1 aromatic carbocycles. The summed E-state index contributed by atoms with van der Waals surface area (Å²) in [5.41, 5.74) is -2.66. The average molecular weight is 507 g/mol. The maximum atomic E-state index is 12.9. The van der Waals surface area contributed by atoms with Crippen LogP contribution >= 0.6 is 0 Å². The minimum absolute atomic E-state index is 0.144. The van der Waals surface area contributed by atoms with Crippen molar-refractivity contribution in [2.75, 3.05) is 19.6 Å². The van der Waals surface area contributed by atoms with Crippen LogP contribution in [0.3, 0.4) is 0 Å². The molecule has 194 valence electrons. The average Bonchev–Trinajstić information content (AvgIpc) is 3.23. The predicted octanol–water partition coefficient (Wildman–Crippen LogP) is 1.73.